The number of methoxy groups -OCH3 is 2. The van der Waals surface area contributed by atoms with Crippen molar-refractivity contribution in [1.82, 2.24) is 0 Å². The highest BCUT2D eigenvalue weighted by Crippen LogP contribution is 2.28. The zero-order valence-electron chi connectivity index (χ0n) is 11.3. The second-order valence-corrected chi connectivity index (χ2v) is 4.59. The molecule has 0 fully saturated rings. The lowest BCUT2D eigenvalue weighted by Gasteiger charge is -2.25. The third kappa shape index (κ3) is 3.23. The summed E-state index contributed by atoms with van der Waals surface area (Å²) in [4.78, 5) is 11.8. The van der Waals surface area contributed by atoms with Gasteiger partial charge < -0.3 is 15.2 Å². The van der Waals surface area contributed by atoms with Crippen LogP contribution in [-0.4, -0.2) is 20.2 Å². The number of nitrogens with two attached hydrogens (primary N) is 1. The van der Waals surface area contributed by atoms with Crippen LogP contribution in [0.2, 0.25) is 0 Å². The SMILES string of the molecule is COC(=O)C(C(C)C)C(N)c1ccc(OC)cc1. The Morgan fingerprint density at radius 3 is 2.11 bits per heavy atom. The maximum atomic E-state index is 11.8. The highest BCUT2D eigenvalue weighted by atomic mass is 16.5. The predicted octanol–water partition coefficient (Wildman–Crippen LogP) is 2.14. The Morgan fingerprint density at radius 2 is 1.72 bits per heavy atom. The first-order chi connectivity index (χ1) is 8.51. The van der Waals surface area contributed by atoms with E-state index in [9.17, 15) is 4.79 Å². The molecule has 2 N–H and O–H groups in total. The molecule has 0 aliphatic rings. The van der Waals surface area contributed by atoms with Gasteiger partial charge in [-0.1, -0.05) is 26.0 Å². The minimum Gasteiger partial charge on any atom is -0.497 e. The first-order valence-corrected chi connectivity index (χ1v) is 5.98. The lowest BCUT2D eigenvalue weighted by atomic mass is 9.85. The van der Waals surface area contributed by atoms with E-state index in [0.717, 1.165) is 11.3 Å². The Morgan fingerprint density at radius 1 is 1.17 bits per heavy atom. The van der Waals surface area contributed by atoms with Gasteiger partial charge in [-0.05, 0) is 23.6 Å². The lowest BCUT2D eigenvalue weighted by Crippen LogP contribution is -2.33. The molecule has 2 atom stereocenters. The Labute approximate surface area is 108 Å². The Hall–Kier alpha value is -1.55. The van der Waals surface area contributed by atoms with Crippen molar-refractivity contribution in [3.8, 4) is 5.75 Å². The minimum absolute atomic E-state index is 0.120. The highest BCUT2D eigenvalue weighted by molar-refractivity contribution is 5.73. The maximum absolute atomic E-state index is 11.8. The molecule has 0 aliphatic carbocycles. The average Bonchev–Trinajstić information content (AvgIpc) is 2.38. The van der Waals surface area contributed by atoms with Crippen LogP contribution < -0.4 is 10.5 Å². The maximum Gasteiger partial charge on any atom is 0.310 e. The number of esters is 1. The second-order valence-electron chi connectivity index (χ2n) is 4.59. The molecule has 0 heterocycles. The average molecular weight is 251 g/mol. The van der Waals surface area contributed by atoms with Gasteiger partial charge in [0, 0.05) is 6.04 Å². The topological polar surface area (TPSA) is 61.5 Å². The van der Waals surface area contributed by atoms with Crippen molar-refractivity contribution in [2.75, 3.05) is 14.2 Å². The zero-order chi connectivity index (χ0) is 13.7. The lowest BCUT2D eigenvalue weighted by molar-refractivity contribution is -0.147. The molecule has 2 unspecified atom stereocenters. The Kier molecular flexibility index (Phi) is 5.16. The van der Waals surface area contributed by atoms with E-state index >= 15 is 0 Å². The van der Waals surface area contributed by atoms with Crippen LogP contribution >= 0.6 is 0 Å². The van der Waals surface area contributed by atoms with Gasteiger partial charge in [-0.25, -0.2) is 0 Å². The molecule has 0 saturated carbocycles. The van der Waals surface area contributed by atoms with Crippen molar-refractivity contribution >= 4 is 5.97 Å². The number of carbonyl (C=O) groups excluding carboxylic acids is 1. The predicted molar refractivity (Wildman–Crippen MR) is 70.3 cm³/mol. The first kappa shape index (κ1) is 14.5. The van der Waals surface area contributed by atoms with E-state index in [2.05, 4.69) is 0 Å². The van der Waals surface area contributed by atoms with Crippen molar-refractivity contribution in [3.63, 3.8) is 0 Å². The van der Waals surface area contributed by atoms with Crippen molar-refractivity contribution in [2.45, 2.75) is 19.9 Å². The van der Waals surface area contributed by atoms with Gasteiger partial charge in [0.15, 0.2) is 0 Å². The summed E-state index contributed by atoms with van der Waals surface area (Å²) in [5.74, 6) is 0.274. The van der Waals surface area contributed by atoms with Gasteiger partial charge in [-0.3, -0.25) is 4.79 Å². The Balaban J connectivity index is 2.94. The molecule has 0 spiro atoms. The smallest absolute Gasteiger partial charge is 0.310 e. The van der Waals surface area contributed by atoms with Gasteiger partial charge in [0.1, 0.15) is 5.75 Å². The third-order valence-electron chi connectivity index (χ3n) is 3.08. The highest BCUT2D eigenvalue weighted by Gasteiger charge is 2.30. The number of rotatable bonds is 5. The van der Waals surface area contributed by atoms with Crippen LogP contribution in [0.3, 0.4) is 0 Å². The van der Waals surface area contributed by atoms with Crippen LogP contribution in [-0.2, 0) is 9.53 Å². The van der Waals surface area contributed by atoms with E-state index in [1.54, 1.807) is 7.11 Å². The molecule has 0 aromatic heterocycles. The van der Waals surface area contributed by atoms with Crippen LogP contribution in [0.5, 0.6) is 5.75 Å². The van der Waals surface area contributed by atoms with Crippen LogP contribution in [0.1, 0.15) is 25.5 Å². The van der Waals surface area contributed by atoms with Crippen molar-refractivity contribution in [2.24, 2.45) is 17.6 Å². The van der Waals surface area contributed by atoms with Gasteiger partial charge >= 0.3 is 5.97 Å². The van der Waals surface area contributed by atoms with Gasteiger partial charge in [-0.2, -0.15) is 0 Å². The van der Waals surface area contributed by atoms with Crippen molar-refractivity contribution < 1.29 is 14.3 Å². The summed E-state index contributed by atoms with van der Waals surface area (Å²) in [5, 5.41) is 0. The molecule has 0 radical (unpaired) electrons. The summed E-state index contributed by atoms with van der Waals surface area (Å²) in [6.07, 6.45) is 0. The van der Waals surface area contributed by atoms with Gasteiger partial charge in [0.2, 0.25) is 0 Å². The summed E-state index contributed by atoms with van der Waals surface area (Å²) >= 11 is 0. The normalized spacial score (nSPS) is 14.1. The number of carbonyl (C=O) groups is 1. The first-order valence-electron chi connectivity index (χ1n) is 5.98. The largest absolute Gasteiger partial charge is 0.497 e. The summed E-state index contributed by atoms with van der Waals surface area (Å²) < 4.78 is 9.91. The fraction of sp³-hybridized carbons (Fsp3) is 0.500. The van der Waals surface area contributed by atoms with Crippen molar-refractivity contribution in [1.29, 1.82) is 0 Å². The molecule has 18 heavy (non-hydrogen) atoms. The molecule has 1 aromatic carbocycles. The number of hydrogen-bond donors (Lipinski definition) is 1. The summed E-state index contributed by atoms with van der Waals surface area (Å²) in [6, 6.07) is 7.06. The summed E-state index contributed by atoms with van der Waals surface area (Å²) in [5.41, 5.74) is 7.07. The molecule has 0 aliphatic heterocycles. The van der Waals surface area contributed by atoms with E-state index < -0.39 is 0 Å². The van der Waals surface area contributed by atoms with Gasteiger partial charge in [0.05, 0.1) is 20.1 Å². The van der Waals surface area contributed by atoms with Crippen LogP contribution in [0, 0.1) is 11.8 Å². The molecule has 1 rings (SSSR count). The van der Waals surface area contributed by atoms with E-state index in [1.807, 2.05) is 38.1 Å². The molecule has 0 bridgehead atoms. The second kappa shape index (κ2) is 6.40. The van der Waals surface area contributed by atoms with E-state index in [-0.39, 0.29) is 23.8 Å². The quantitative estimate of drug-likeness (QED) is 0.814. The molecular weight excluding hydrogens is 230 g/mol. The summed E-state index contributed by atoms with van der Waals surface area (Å²) in [6.45, 7) is 3.93. The van der Waals surface area contributed by atoms with Gasteiger partial charge in [0.25, 0.3) is 0 Å². The van der Waals surface area contributed by atoms with E-state index in [4.69, 9.17) is 15.2 Å². The molecule has 4 nitrogen and oxygen atoms in total. The van der Waals surface area contributed by atoms with Gasteiger partial charge in [-0.15, -0.1) is 0 Å². The zero-order valence-corrected chi connectivity index (χ0v) is 11.3. The molecule has 0 amide bonds. The molecular formula is C14H21NO3. The van der Waals surface area contributed by atoms with Crippen LogP contribution in [0.4, 0.5) is 0 Å². The minimum atomic E-state index is -0.372. The number of hydrogen-bond acceptors (Lipinski definition) is 4. The Bertz CT molecular complexity index is 387. The van der Waals surface area contributed by atoms with E-state index in [1.165, 1.54) is 7.11 Å². The fourth-order valence-electron chi connectivity index (χ4n) is 2.00. The molecule has 4 heteroatoms. The van der Waals surface area contributed by atoms with Crippen LogP contribution in [0.15, 0.2) is 24.3 Å². The third-order valence-corrected chi connectivity index (χ3v) is 3.08. The van der Waals surface area contributed by atoms with Crippen LogP contribution in [0.25, 0.3) is 0 Å². The standard InChI is InChI=1S/C14H21NO3/c1-9(2)12(14(16)18-4)13(15)10-5-7-11(17-3)8-6-10/h5-9,12-13H,15H2,1-4H3. The fourth-order valence-corrected chi connectivity index (χ4v) is 2.00. The molecule has 100 valence electrons. The molecule has 0 saturated heterocycles. The summed E-state index contributed by atoms with van der Waals surface area (Å²) in [7, 11) is 3.00. The number of benzene rings is 1. The molecule has 1 aromatic rings. The van der Waals surface area contributed by atoms with Crippen molar-refractivity contribution in [3.05, 3.63) is 29.8 Å². The monoisotopic (exact) mass is 251 g/mol. The number of ether oxygens (including phenoxy) is 2. The van der Waals surface area contributed by atoms with E-state index in [0.29, 0.717) is 0 Å².